The molecule has 0 aromatic carbocycles. The fourth-order valence-electron chi connectivity index (χ4n) is 4.96. The minimum Gasteiger partial charge on any atom is -0.386 e. The lowest BCUT2D eigenvalue weighted by Crippen LogP contribution is -2.62. The van der Waals surface area contributed by atoms with E-state index in [-0.39, 0.29) is 23.4 Å². The maximum Gasteiger partial charge on any atom is 0.318 e. The largest absolute Gasteiger partial charge is 0.386 e. The number of rotatable bonds is 3. The van der Waals surface area contributed by atoms with Crippen LogP contribution in [-0.2, 0) is 0 Å². The van der Waals surface area contributed by atoms with E-state index in [1.807, 2.05) is 0 Å². The highest BCUT2D eigenvalue weighted by atomic mass is 16.2. The molecule has 0 heterocycles. The Morgan fingerprint density at radius 2 is 1.70 bits per heavy atom. The predicted octanol–water partition coefficient (Wildman–Crippen LogP) is 1.92. The third kappa shape index (κ3) is 2.27. The first kappa shape index (κ1) is 13.7. The molecular formula is C15H26N4O. The third-order valence-corrected chi connectivity index (χ3v) is 5.76. The summed E-state index contributed by atoms with van der Waals surface area (Å²) in [4.78, 5) is 14.0. The van der Waals surface area contributed by atoms with E-state index >= 15 is 0 Å². The van der Waals surface area contributed by atoms with Crippen LogP contribution in [0.5, 0.6) is 0 Å². The number of nitrogens with one attached hydrogen (secondary N) is 2. The van der Waals surface area contributed by atoms with Crippen LogP contribution in [0, 0.1) is 23.2 Å². The van der Waals surface area contributed by atoms with E-state index in [4.69, 9.17) is 11.1 Å². The molecule has 0 radical (unpaired) electrons. The van der Waals surface area contributed by atoms with Crippen LogP contribution in [0.2, 0.25) is 0 Å². The summed E-state index contributed by atoms with van der Waals surface area (Å²) in [7, 11) is 1.72. The molecule has 4 saturated carbocycles. The van der Waals surface area contributed by atoms with Crippen LogP contribution in [0.15, 0.2) is 0 Å². The van der Waals surface area contributed by atoms with Crippen molar-refractivity contribution in [2.45, 2.75) is 57.0 Å². The van der Waals surface area contributed by atoms with Crippen molar-refractivity contribution in [2.24, 2.45) is 23.5 Å². The Labute approximate surface area is 120 Å². The van der Waals surface area contributed by atoms with Gasteiger partial charge in [0, 0.05) is 12.6 Å². The van der Waals surface area contributed by atoms with Crippen molar-refractivity contribution in [1.29, 1.82) is 5.41 Å². The van der Waals surface area contributed by atoms with Crippen LogP contribution in [0.3, 0.4) is 0 Å². The van der Waals surface area contributed by atoms with Crippen molar-refractivity contribution in [2.75, 3.05) is 7.05 Å². The number of likely N-dealkylation sites (N-methyl/N-ethyl adjacent to an activating group) is 1. The zero-order valence-electron chi connectivity index (χ0n) is 12.5. The van der Waals surface area contributed by atoms with E-state index < -0.39 is 0 Å². The molecule has 0 aliphatic heterocycles. The van der Waals surface area contributed by atoms with Gasteiger partial charge in [-0.2, -0.15) is 0 Å². The van der Waals surface area contributed by atoms with Crippen molar-refractivity contribution < 1.29 is 4.79 Å². The van der Waals surface area contributed by atoms with Crippen LogP contribution in [0.25, 0.3) is 0 Å². The van der Waals surface area contributed by atoms with Gasteiger partial charge in [-0.25, -0.2) is 4.79 Å². The van der Waals surface area contributed by atoms with Gasteiger partial charge in [0.15, 0.2) is 0 Å². The van der Waals surface area contributed by atoms with Crippen LogP contribution in [-0.4, -0.2) is 35.4 Å². The Morgan fingerprint density at radius 3 is 2.10 bits per heavy atom. The summed E-state index contributed by atoms with van der Waals surface area (Å²) in [6.07, 6.45) is 7.55. The number of hydrogen-bond acceptors (Lipinski definition) is 2. The molecule has 4 aliphatic rings. The van der Waals surface area contributed by atoms with E-state index in [0.29, 0.717) is 0 Å². The van der Waals surface area contributed by atoms with Gasteiger partial charge in [0.2, 0.25) is 0 Å². The summed E-state index contributed by atoms with van der Waals surface area (Å²) in [5.41, 5.74) is 5.52. The van der Waals surface area contributed by atoms with Crippen LogP contribution >= 0.6 is 0 Å². The number of carbonyl (C=O) groups is 1. The number of nitrogens with zero attached hydrogens (tertiary/aromatic N) is 1. The molecule has 20 heavy (non-hydrogen) atoms. The first-order valence-corrected chi connectivity index (χ1v) is 7.77. The summed E-state index contributed by atoms with van der Waals surface area (Å²) in [5.74, 6) is 2.49. The Hall–Kier alpha value is -1.26. The van der Waals surface area contributed by atoms with Gasteiger partial charge in [-0.3, -0.25) is 5.41 Å². The molecule has 2 amide bonds. The van der Waals surface area contributed by atoms with E-state index in [2.05, 4.69) is 5.32 Å². The molecule has 4 rings (SSSR count). The highest BCUT2D eigenvalue weighted by Gasteiger charge is 2.51. The van der Waals surface area contributed by atoms with Gasteiger partial charge in [0.05, 0.1) is 6.04 Å². The Kier molecular flexibility index (Phi) is 3.18. The molecule has 0 aromatic rings. The average molecular weight is 278 g/mol. The minimum atomic E-state index is -0.344. The monoisotopic (exact) mass is 278 g/mol. The number of hydrogen-bond donors (Lipinski definition) is 3. The first-order chi connectivity index (χ1) is 9.38. The maximum absolute atomic E-state index is 12.4. The summed E-state index contributed by atoms with van der Waals surface area (Å²) >= 11 is 0. The smallest absolute Gasteiger partial charge is 0.318 e. The van der Waals surface area contributed by atoms with Gasteiger partial charge < -0.3 is 16.0 Å². The summed E-state index contributed by atoms with van der Waals surface area (Å²) < 4.78 is 0. The zero-order valence-corrected chi connectivity index (χ0v) is 12.5. The third-order valence-electron chi connectivity index (χ3n) is 5.76. The highest BCUT2D eigenvalue weighted by molar-refractivity contribution is 5.87. The van der Waals surface area contributed by atoms with Gasteiger partial charge in [-0.15, -0.1) is 0 Å². The van der Waals surface area contributed by atoms with Gasteiger partial charge >= 0.3 is 6.03 Å². The lowest BCUT2D eigenvalue weighted by molar-refractivity contribution is -0.0154. The molecule has 0 saturated heterocycles. The van der Waals surface area contributed by atoms with Crippen LogP contribution < -0.4 is 11.1 Å². The molecule has 5 heteroatoms. The zero-order chi connectivity index (χ0) is 14.5. The molecule has 112 valence electrons. The van der Waals surface area contributed by atoms with Gasteiger partial charge in [0.25, 0.3) is 0 Å². The predicted molar refractivity (Wildman–Crippen MR) is 78.6 cm³/mol. The van der Waals surface area contributed by atoms with Gasteiger partial charge in [-0.05, 0) is 63.2 Å². The van der Waals surface area contributed by atoms with Crippen molar-refractivity contribution in [3.63, 3.8) is 0 Å². The lowest BCUT2D eigenvalue weighted by Gasteiger charge is -2.57. The number of amidine groups is 1. The Balaban J connectivity index is 1.68. The Bertz CT molecular complexity index is 398. The molecule has 5 nitrogen and oxygen atoms in total. The average Bonchev–Trinajstić information content (AvgIpc) is 2.34. The topological polar surface area (TPSA) is 82.2 Å². The minimum absolute atomic E-state index is 0.0244. The van der Waals surface area contributed by atoms with E-state index in [9.17, 15) is 4.79 Å². The summed E-state index contributed by atoms with van der Waals surface area (Å²) in [5, 5.41) is 10.8. The maximum atomic E-state index is 12.4. The van der Waals surface area contributed by atoms with Gasteiger partial charge in [0.1, 0.15) is 5.84 Å². The molecule has 0 spiro atoms. The molecule has 4 N–H and O–H groups in total. The number of nitrogens with two attached hydrogens (primary N) is 1. The van der Waals surface area contributed by atoms with Crippen LogP contribution in [0.1, 0.15) is 45.4 Å². The van der Waals surface area contributed by atoms with E-state index in [1.54, 1.807) is 18.9 Å². The molecule has 1 unspecified atom stereocenters. The number of urea groups is 1. The number of amides is 2. The molecule has 4 aliphatic carbocycles. The van der Waals surface area contributed by atoms with E-state index in [1.165, 1.54) is 19.3 Å². The molecule has 1 atom stereocenters. The van der Waals surface area contributed by atoms with Crippen LogP contribution in [0.4, 0.5) is 4.79 Å². The molecule has 4 bridgehead atoms. The summed E-state index contributed by atoms with van der Waals surface area (Å²) in [6, 6.07) is -0.418. The lowest BCUT2D eigenvalue weighted by atomic mass is 9.53. The highest BCUT2D eigenvalue weighted by Crippen LogP contribution is 2.55. The van der Waals surface area contributed by atoms with Crippen molar-refractivity contribution >= 4 is 11.9 Å². The molecular weight excluding hydrogens is 252 g/mol. The number of carbonyl (C=O) groups excluding carboxylic acids is 1. The van der Waals surface area contributed by atoms with Gasteiger partial charge in [-0.1, -0.05) is 0 Å². The molecule has 0 aromatic heterocycles. The quantitative estimate of drug-likeness (QED) is 0.544. The first-order valence-electron chi connectivity index (χ1n) is 7.77. The Morgan fingerprint density at radius 1 is 1.25 bits per heavy atom. The van der Waals surface area contributed by atoms with Crippen molar-refractivity contribution in [3.8, 4) is 0 Å². The normalized spacial score (nSPS) is 39.4. The van der Waals surface area contributed by atoms with E-state index in [0.717, 1.165) is 37.0 Å². The fraction of sp³-hybridized carbons (Fsp3) is 0.867. The van der Waals surface area contributed by atoms with Crippen molar-refractivity contribution in [3.05, 3.63) is 0 Å². The SMILES string of the molecule is CC(C(=N)N)N(C)C(=O)NC12CC3CC(CC(C3)C1)C2. The standard InChI is InChI=1S/C15H26N4O/c1-9(13(16)17)19(2)14(20)18-15-6-10-3-11(7-15)5-12(4-10)8-15/h9-12H,3-8H2,1-2H3,(H3,16,17)(H,18,20). The fourth-order valence-corrected chi connectivity index (χ4v) is 4.96. The second-order valence-electron chi connectivity index (χ2n) is 7.37. The second-order valence-corrected chi connectivity index (χ2v) is 7.37. The molecule has 4 fully saturated rings. The van der Waals surface area contributed by atoms with Crippen molar-refractivity contribution in [1.82, 2.24) is 10.2 Å². The second kappa shape index (κ2) is 4.64. The summed E-state index contributed by atoms with van der Waals surface area (Å²) in [6.45, 7) is 1.79.